The van der Waals surface area contributed by atoms with Gasteiger partial charge in [0.25, 0.3) is 0 Å². The fourth-order valence-electron chi connectivity index (χ4n) is 1.10. The Morgan fingerprint density at radius 2 is 1.80 bits per heavy atom. The summed E-state index contributed by atoms with van der Waals surface area (Å²) in [6.07, 6.45) is 3.63. The van der Waals surface area contributed by atoms with Crippen LogP contribution in [0.15, 0.2) is 0 Å². The molecule has 0 aromatic carbocycles. The summed E-state index contributed by atoms with van der Waals surface area (Å²) in [5, 5.41) is 2.92. The minimum absolute atomic E-state index is 0.252. The highest BCUT2D eigenvalue weighted by Gasteiger charge is 2.14. The van der Waals surface area contributed by atoms with Gasteiger partial charge >= 0.3 is 0 Å². The van der Waals surface area contributed by atoms with E-state index in [1.807, 2.05) is 0 Å². The maximum Gasteiger partial charge on any atom is 0.153 e. The normalized spacial score (nSPS) is 12.3. The van der Waals surface area contributed by atoms with Crippen molar-refractivity contribution in [3.8, 4) is 0 Å². The molecule has 0 spiro atoms. The molecule has 0 bridgehead atoms. The molecule has 92 valence electrons. The second kappa shape index (κ2) is 8.75. The Hall–Kier alpha value is 0.640. The molecule has 0 heterocycles. The number of nitrogens with one attached hydrogen (secondary N) is 1. The van der Waals surface area contributed by atoms with E-state index in [9.17, 15) is 8.42 Å². The number of hydrogen-bond donors (Lipinski definition) is 1. The van der Waals surface area contributed by atoms with Crippen molar-refractivity contribution in [2.24, 2.45) is 0 Å². The maximum atomic E-state index is 11.4. The molecule has 0 radical (unpaired) electrons. The lowest BCUT2D eigenvalue weighted by molar-refractivity contribution is 0.579. The fourth-order valence-corrected chi connectivity index (χ4v) is 2.54. The molecule has 0 rings (SSSR count). The number of alkyl halides is 1. The lowest BCUT2D eigenvalue weighted by Gasteiger charge is -2.08. The van der Waals surface area contributed by atoms with Crippen LogP contribution in [0.4, 0.5) is 0 Å². The lowest BCUT2D eigenvalue weighted by atomic mass is 10.2. The van der Waals surface area contributed by atoms with E-state index in [2.05, 4.69) is 27.9 Å². The van der Waals surface area contributed by atoms with E-state index < -0.39 is 9.84 Å². The van der Waals surface area contributed by atoms with E-state index in [1.54, 1.807) is 13.8 Å². The summed E-state index contributed by atoms with van der Waals surface area (Å²) in [6.45, 7) is 4.99. The molecule has 0 aliphatic heterocycles. The summed E-state index contributed by atoms with van der Waals surface area (Å²) in [5.41, 5.74) is 0. The predicted octanol–water partition coefficient (Wildman–Crippen LogP) is 2.00. The largest absolute Gasteiger partial charge is 0.316 e. The molecule has 0 atom stereocenters. The molecule has 15 heavy (non-hydrogen) atoms. The monoisotopic (exact) mass is 347 g/mol. The number of halogens is 1. The molecule has 0 saturated heterocycles. The summed E-state index contributed by atoms with van der Waals surface area (Å²) < 4.78 is 24.1. The van der Waals surface area contributed by atoms with Gasteiger partial charge in [-0.05, 0) is 37.7 Å². The van der Waals surface area contributed by atoms with Gasteiger partial charge in [-0.25, -0.2) is 8.42 Å². The average molecular weight is 347 g/mol. The van der Waals surface area contributed by atoms with Gasteiger partial charge in [-0.15, -0.1) is 0 Å². The zero-order valence-corrected chi connectivity index (χ0v) is 12.6. The number of unbranched alkanes of at least 4 members (excludes halogenated alkanes) is 2. The fraction of sp³-hybridized carbons (Fsp3) is 1.00. The molecule has 0 unspecified atom stereocenters. The second-order valence-electron chi connectivity index (χ2n) is 3.92. The van der Waals surface area contributed by atoms with E-state index in [0.29, 0.717) is 6.54 Å². The summed E-state index contributed by atoms with van der Waals surface area (Å²) in [5.74, 6) is 0.261. The molecule has 1 N–H and O–H groups in total. The number of sulfone groups is 1. The van der Waals surface area contributed by atoms with Crippen LogP contribution in [0, 0.1) is 0 Å². The standard InChI is InChI=1S/C10H22INO2S/c1-10(2)15(13,14)9-8-12-7-5-3-4-6-11/h10,12H,3-9H2,1-2H3. The molecular weight excluding hydrogens is 325 g/mol. The molecule has 5 heteroatoms. The van der Waals surface area contributed by atoms with Crippen molar-refractivity contribution in [2.75, 3.05) is 23.3 Å². The van der Waals surface area contributed by atoms with Crippen molar-refractivity contribution in [1.29, 1.82) is 0 Å². The molecule has 0 aliphatic carbocycles. The van der Waals surface area contributed by atoms with Crippen molar-refractivity contribution < 1.29 is 8.42 Å². The van der Waals surface area contributed by atoms with Crippen LogP contribution in [-0.2, 0) is 9.84 Å². The zero-order chi connectivity index (χ0) is 11.7. The average Bonchev–Trinajstić information content (AvgIpc) is 2.16. The molecule has 0 aromatic rings. The van der Waals surface area contributed by atoms with Crippen LogP contribution < -0.4 is 5.32 Å². The Morgan fingerprint density at radius 3 is 2.33 bits per heavy atom. The van der Waals surface area contributed by atoms with Crippen LogP contribution in [0.3, 0.4) is 0 Å². The summed E-state index contributed by atoms with van der Waals surface area (Å²) in [6, 6.07) is 0. The summed E-state index contributed by atoms with van der Waals surface area (Å²) >= 11 is 2.37. The number of hydrogen-bond acceptors (Lipinski definition) is 3. The maximum absolute atomic E-state index is 11.4. The first-order valence-corrected chi connectivity index (χ1v) is 8.73. The van der Waals surface area contributed by atoms with Gasteiger partial charge in [-0.3, -0.25) is 0 Å². The molecular formula is C10H22INO2S. The Kier molecular flexibility index (Phi) is 9.13. The van der Waals surface area contributed by atoms with Crippen molar-refractivity contribution in [3.05, 3.63) is 0 Å². The van der Waals surface area contributed by atoms with Crippen LogP contribution in [0.25, 0.3) is 0 Å². The third kappa shape index (κ3) is 8.45. The first kappa shape index (κ1) is 15.6. The van der Waals surface area contributed by atoms with Crippen LogP contribution in [-0.4, -0.2) is 36.9 Å². The van der Waals surface area contributed by atoms with Crippen molar-refractivity contribution in [3.63, 3.8) is 0 Å². The molecule has 0 aliphatic rings. The van der Waals surface area contributed by atoms with Crippen molar-refractivity contribution in [1.82, 2.24) is 5.32 Å². The first-order valence-electron chi connectivity index (χ1n) is 5.49. The highest BCUT2D eigenvalue weighted by molar-refractivity contribution is 14.1. The molecule has 0 fully saturated rings. The lowest BCUT2D eigenvalue weighted by Crippen LogP contribution is -2.27. The van der Waals surface area contributed by atoms with E-state index in [0.717, 1.165) is 13.0 Å². The Balaban J connectivity index is 3.39. The SMILES string of the molecule is CC(C)S(=O)(=O)CCNCCCCCI. The molecule has 3 nitrogen and oxygen atoms in total. The smallest absolute Gasteiger partial charge is 0.153 e. The molecule has 0 saturated carbocycles. The summed E-state index contributed by atoms with van der Waals surface area (Å²) in [4.78, 5) is 0. The van der Waals surface area contributed by atoms with Crippen molar-refractivity contribution >= 4 is 32.4 Å². The van der Waals surface area contributed by atoms with Crippen LogP contribution in [0.2, 0.25) is 0 Å². The third-order valence-corrected chi connectivity index (χ3v) is 5.24. The van der Waals surface area contributed by atoms with Gasteiger partial charge in [0.15, 0.2) is 9.84 Å². The minimum Gasteiger partial charge on any atom is -0.316 e. The van der Waals surface area contributed by atoms with Gasteiger partial charge in [0.2, 0.25) is 0 Å². The van der Waals surface area contributed by atoms with Crippen LogP contribution >= 0.6 is 22.6 Å². The number of rotatable bonds is 9. The minimum atomic E-state index is -2.86. The van der Waals surface area contributed by atoms with Gasteiger partial charge in [0.1, 0.15) is 0 Å². The highest BCUT2D eigenvalue weighted by Crippen LogP contribution is 2.00. The molecule has 0 aromatic heterocycles. The van der Waals surface area contributed by atoms with Gasteiger partial charge in [0.05, 0.1) is 11.0 Å². The quantitative estimate of drug-likeness (QED) is 0.394. The topological polar surface area (TPSA) is 46.2 Å². The van der Waals surface area contributed by atoms with Gasteiger partial charge < -0.3 is 5.32 Å². The Labute approximate surface area is 107 Å². The third-order valence-electron chi connectivity index (χ3n) is 2.27. The van der Waals surface area contributed by atoms with Crippen molar-refractivity contribution in [2.45, 2.75) is 38.4 Å². The molecule has 0 amide bonds. The van der Waals surface area contributed by atoms with E-state index in [-0.39, 0.29) is 11.0 Å². The van der Waals surface area contributed by atoms with E-state index in [4.69, 9.17) is 0 Å². The Morgan fingerprint density at radius 1 is 1.13 bits per heavy atom. The zero-order valence-electron chi connectivity index (χ0n) is 9.63. The van der Waals surface area contributed by atoms with Crippen LogP contribution in [0.1, 0.15) is 33.1 Å². The predicted molar refractivity (Wildman–Crippen MR) is 74.5 cm³/mol. The Bertz CT molecular complexity index is 240. The summed E-state index contributed by atoms with van der Waals surface area (Å²) in [7, 11) is -2.86. The van der Waals surface area contributed by atoms with Gasteiger partial charge in [0, 0.05) is 6.54 Å². The highest BCUT2D eigenvalue weighted by atomic mass is 127. The second-order valence-corrected chi connectivity index (χ2v) is 7.67. The van der Waals surface area contributed by atoms with Gasteiger partial charge in [-0.2, -0.15) is 0 Å². The van der Waals surface area contributed by atoms with E-state index in [1.165, 1.54) is 17.3 Å². The van der Waals surface area contributed by atoms with E-state index >= 15 is 0 Å². The first-order chi connectivity index (χ1) is 7.00. The van der Waals surface area contributed by atoms with Gasteiger partial charge in [-0.1, -0.05) is 29.0 Å². The van der Waals surface area contributed by atoms with Crippen LogP contribution in [0.5, 0.6) is 0 Å².